The second-order valence-electron chi connectivity index (χ2n) is 7.04. The fourth-order valence-electron chi connectivity index (χ4n) is 3.78. The second-order valence-corrected chi connectivity index (χ2v) is 9.63. The molecule has 2 heterocycles. The van der Waals surface area contributed by atoms with Crippen LogP contribution in [0.2, 0.25) is 5.02 Å². The Kier molecular flexibility index (Phi) is 6.02. The van der Waals surface area contributed by atoms with Crippen molar-refractivity contribution in [2.75, 3.05) is 24.6 Å². The highest BCUT2D eigenvalue weighted by Gasteiger charge is 2.42. The third-order valence-corrected chi connectivity index (χ3v) is 7.03. The minimum absolute atomic E-state index is 0.0553. The van der Waals surface area contributed by atoms with Gasteiger partial charge in [0, 0.05) is 17.5 Å². The third kappa shape index (κ3) is 5.19. The lowest BCUT2D eigenvalue weighted by Gasteiger charge is -2.28. The summed E-state index contributed by atoms with van der Waals surface area (Å²) in [6.07, 6.45) is 4.17. The number of aryl methyl sites for hydroxylation is 1. The Balaban J connectivity index is 1.49. The van der Waals surface area contributed by atoms with Crippen LogP contribution >= 0.6 is 11.6 Å². The summed E-state index contributed by atoms with van der Waals surface area (Å²) in [5.41, 5.74) is 1.15. The molecule has 0 aliphatic carbocycles. The maximum Gasteiger partial charge on any atom is 0.220 e. The van der Waals surface area contributed by atoms with Crippen LogP contribution in [0, 0.1) is 0 Å². The van der Waals surface area contributed by atoms with E-state index in [9.17, 15) is 13.2 Å². The van der Waals surface area contributed by atoms with Crippen LogP contribution in [0.4, 0.5) is 0 Å². The van der Waals surface area contributed by atoms with Crippen LogP contribution in [0.15, 0.2) is 24.3 Å². The molecule has 5 nitrogen and oxygen atoms in total. The van der Waals surface area contributed by atoms with E-state index in [1.54, 1.807) is 0 Å². The van der Waals surface area contributed by atoms with Crippen LogP contribution in [0.25, 0.3) is 0 Å². The van der Waals surface area contributed by atoms with E-state index in [0.717, 1.165) is 44.3 Å². The topological polar surface area (TPSA) is 66.5 Å². The lowest BCUT2D eigenvalue weighted by atomic mass is 10.1. The molecule has 1 aromatic rings. The standard InChI is InChI=1S/C18H25ClN2O3S/c19-15-8-6-14(7-9-15)4-3-5-18(22)20-16-12-25(23,24)13-17(16)21-10-1-2-11-21/h6-9,16-17H,1-5,10-13H2,(H,20,22). The van der Waals surface area contributed by atoms with E-state index in [0.29, 0.717) is 11.4 Å². The zero-order chi connectivity index (χ0) is 17.9. The minimum atomic E-state index is -3.06. The lowest BCUT2D eigenvalue weighted by Crippen LogP contribution is -2.50. The van der Waals surface area contributed by atoms with Gasteiger partial charge in [0.1, 0.15) is 0 Å². The van der Waals surface area contributed by atoms with Crippen molar-refractivity contribution in [3.05, 3.63) is 34.9 Å². The first kappa shape index (κ1) is 18.7. The van der Waals surface area contributed by atoms with E-state index in [1.165, 1.54) is 0 Å². The molecule has 0 spiro atoms. The Morgan fingerprint density at radius 1 is 1.16 bits per heavy atom. The lowest BCUT2D eigenvalue weighted by molar-refractivity contribution is -0.122. The molecule has 2 unspecified atom stereocenters. The van der Waals surface area contributed by atoms with Gasteiger partial charge >= 0.3 is 0 Å². The van der Waals surface area contributed by atoms with Crippen molar-refractivity contribution in [3.63, 3.8) is 0 Å². The van der Waals surface area contributed by atoms with Crippen molar-refractivity contribution < 1.29 is 13.2 Å². The number of carbonyl (C=O) groups is 1. The molecule has 2 fully saturated rings. The van der Waals surface area contributed by atoms with Gasteiger partial charge in [0.05, 0.1) is 17.5 Å². The predicted octanol–water partition coefficient (Wildman–Crippen LogP) is 2.04. The summed E-state index contributed by atoms with van der Waals surface area (Å²) in [5, 5.41) is 3.68. The zero-order valence-electron chi connectivity index (χ0n) is 14.3. The van der Waals surface area contributed by atoms with Gasteiger partial charge in [-0.05, 0) is 56.5 Å². The number of benzene rings is 1. The smallest absolute Gasteiger partial charge is 0.220 e. The highest BCUT2D eigenvalue weighted by molar-refractivity contribution is 7.91. The van der Waals surface area contributed by atoms with Gasteiger partial charge in [0.25, 0.3) is 0 Å². The number of rotatable bonds is 6. The third-order valence-electron chi connectivity index (χ3n) is 5.06. The molecule has 25 heavy (non-hydrogen) atoms. The molecular formula is C18H25ClN2O3S. The van der Waals surface area contributed by atoms with E-state index in [1.807, 2.05) is 24.3 Å². The van der Waals surface area contributed by atoms with Crippen LogP contribution in [0.1, 0.15) is 31.2 Å². The summed E-state index contributed by atoms with van der Waals surface area (Å²) in [6.45, 7) is 1.87. The highest BCUT2D eigenvalue weighted by atomic mass is 35.5. The summed E-state index contributed by atoms with van der Waals surface area (Å²) < 4.78 is 24.1. The van der Waals surface area contributed by atoms with Crippen LogP contribution < -0.4 is 5.32 Å². The molecule has 7 heteroatoms. The number of amides is 1. The number of carbonyl (C=O) groups excluding carboxylic acids is 1. The number of nitrogens with zero attached hydrogens (tertiary/aromatic N) is 1. The first-order valence-electron chi connectivity index (χ1n) is 8.91. The molecule has 0 bridgehead atoms. The fourth-order valence-corrected chi connectivity index (χ4v) is 5.86. The maximum atomic E-state index is 12.3. The first-order valence-corrected chi connectivity index (χ1v) is 11.1. The van der Waals surface area contributed by atoms with Crippen LogP contribution in [0.5, 0.6) is 0 Å². The highest BCUT2D eigenvalue weighted by Crippen LogP contribution is 2.23. The number of nitrogens with one attached hydrogen (secondary N) is 1. The number of hydrogen-bond donors (Lipinski definition) is 1. The Morgan fingerprint density at radius 3 is 2.52 bits per heavy atom. The van der Waals surface area contributed by atoms with Crippen molar-refractivity contribution in [3.8, 4) is 0 Å². The van der Waals surface area contributed by atoms with E-state index in [-0.39, 0.29) is 29.5 Å². The molecule has 1 amide bonds. The van der Waals surface area contributed by atoms with E-state index in [2.05, 4.69) is 10.2 Å². The second kappa shape index (κ2) is 8.06. The molecule has 138 valence electrons. The SMILES string of the molecule is O=C(CCCc1ccc(Cl)cc1)NC1CS(=O)(=O)CC1N1CCCC1. The molecule has 0 saturated carbocycles. The van der Waals surface area contributed by atoms with Gasteiger partial charge in [-0.3, -0.25) is 9.69 Å². The fraction of sp³-hybridized carbons (Fsp3) is 0.611. The number of likely N-dealkylation sites (tertiary alicyclic amines) is 1. The van der Waals surface area contributed by atoms with Gasteiger partial charge < -0.3 is 5.32 Å². The van der Waals surface area contributed by atoms with Crippen molar-refractivity contribution in [1.82, 2.24) is 10.2 Å². The average molecular weight is 385 g/mol. The molecular weight excluding hydrogens is 360 g/mol. The van der Waals surface area contributed by atoms with Gasteiger partial charge in [-0.25, -0.2) is 8.42 Å². The van der Waals surface area contributed by atoms with Gasteiger partial charge in [0.2, 0.25) is 5.91 Å². The predicted molar refractivity (Wildman–Crippen MR) is 99.6 cm³/mol. The summed E-state index contributed by atoms with van der Waals surface area (Å²) in [4.78, 5) is 14.5. The molecule has 3 rings (SSSR count). The molecule has 1 aromatic carbocycles. The molecule has 0 radical (unpaired) electrons. The summed E-state index contributed by atoms with van der Waals surface area (Å²) in [6, 6.07) is 7.29. The molecule has 0 aromatic heterocycles. The maximum absolute atomic E-state index is 12.3. The van der Waals surface area contributed by atoms with Crippen molar-refractivity contribution in [2.45, 2.75) is 44.2 Å². The average Bonchev–Trinajstić information content (AvgIpc) is 3.17. The molecule has 2 aliphatic rings. The number of halogens is 1. The molecule has 2 atom stereocenters. The van der Waals surface area contributed by atoms with Gasteiger partial charge in [-0.2, -0.15) is 0 Å². The summed E-state index contributed by atoms with van der Waals surface area (Å²) in [7, 11) is -3.06. The quantitative estimate of drug-likeness (QED) is 0.815. The Bertz CT molecular complexity index is 700. The summed E-state index contributed by atoms with van der Waals surface area (Å²) in [5.74, 6) is 0.181. The van der Waals surface area contributed by atoms with Crippen LogP contribution in [-0.4, -0.2) is 55.9 Å². The molecule has 1 N–H and O–H groups in total. The van der Waals surface area contributed by atoms with Crippen LogP contribution in [0.3, 0.4) is 0 Å². The van der Waals surface area contributed by atoms with Crippen molar-refractivity contribution >= 4 is 27.3 Å². The van der Waals surface area contributed by atoms with Crippen molar-refractivity contribution in [2.24, 2.45) is 0 Å². The Morgan fingerprint density at radius 2 is 1.84 bits per heavy atom. The summed E-state index contributed by atoms with van der Waals surface area (Å²) >= 11 is 5.86. The van der Waals surface area contributed by atoms with Gasteiger partial charge in [-0.1, -0.05) is 23.7 Å². The van der Waals surface area contributed by atoms with Gasteiger partial charge in [-0.15, -0.1) is 0 Å². The Hall–Kier alpha value is -1.11. The normalized spacial score (nSPS) is 26.0. The first-order chi connectivity index (χ1) is 11.9. The van der Waals surface area contributed by atoms with Gasteiger partial charge in [0.15, 0.2) is 9.84 Å². The van der Waals surface area contributed by atoms with Crippen LogP contribution in [-0.2, 0) is 21.1 Å². The molecule has 2 aliphatic heterocycles. The van der Waals surface area contributed by atoms with E-state index >= 15 is 0 Å². The van der Waals surface area contributed by atoms with Crippen molar-refractivity contribution in [1.29, 1.82) is 0 Å². The van der Waals surface area contributed by atoms with E-state index in [4.69, 9.17) is 11.6 Å². The zero-order valence-corrected chi connectivity index (χ0v) is 15.9. The largest absolute Gasteiger partial charge is 0.351 e. The monoisotopic (exact) mass is 384 g/mol. The van der Waals surface area contributed by atoms with E-state index < -0.39 is 9.84 Å². The molecule has 2 saturated heterocycles. The minimum Gasteiger partial charge on any atom is -0.351 e. The number of hydrogen-bond acceptors (Lipinski definition) is 4. The number of sulfone groups is 1. The Labute approximate surface area is 154 Å².